The average molecular weight is 442 g/mol. The van der Waals surface area contributed by atoms with E-state index >= 15 is 0 Å². The van der Waals surface area contributed by atoms with Crippen molar-refractivity contribution in [1.29, 1.82) is 0 Å². The topological polar surface area (TPSA) is 95.9 Å². The molecule has 0 radical (unpaired) electrons. The molecule has 9 heteroatoms. The average Bonchev–Trinajstić information content (AvgIpc) is 2.99. The van der Waals surface area contributed by atoms with Crippen molar-refractivity contribution in [2.24, 2.45) is 0 Å². The smallest absolute Gasteiger partial charge is 0.274 e. The van der Waals surface area contributed by atoms with Gasteiger partial charge in [0.2, 0.25) is 10.0 Å². The van der Waals surface area contributed by atoms with Crippen LogP contribution in [0.25, 0.3) is 0 Å². The Morgan fingerprint density at radius 1 is 1.06 bits per heavy atom. The Balaban J connectivity index is 1.80. The van der Waals surface area contributed by atoms with E-state index in [2.05, 4.69) is 0 Å². The number of hydrogen-bond acceptors (Lipinski definition) is 5. The van der Waals surface area contributed by atoms with Crippen molar-refractivity contribution in [2.75, 3.05) is 6.61 Å². The molecule has 1 aliphatic heterocycles. The minimum absolute atomic E-state index is 0.00162. The summed E-state index contributed by atoms with van der Waals surface area (Å²) in [7, 11) is -4.01. The quantitative estimate of drug-likeness (QED) is 0.478. The molecule has 160 valence electrons. The van der Waals surface area contributed by atoms with Gasteiger partial charge in [-0.25, -0.2) is 18.3 Å². The Morgan fingerprint density at radius 3 is 2.45 bits per heavy atom. The molecule has 0 saturated carbocycles. The molecule has 31 heavy (non-hydrogen) atoms. The van der Waals surface area contributed by atoms with Crippen molar-refractivity contribution < 1.29 is 27.5 Å². The van der Waals surface area contributed by atoms with Gasteiger partial charge in [0, 0.05) is 17.7 Å². The monoisotopic (exact) mass is 442 g/mol. The van der Waals surface area contributed by atoms with Gasteiger partial charge >= 0.3 is 0 Å². The van der Waals surface area contributed by atoms with E-state index in [0.29, 0.717) is 11.3 Å². The zero-order valence-corrected chi connectivity index (χ0v) is 17.0. The predicted molar refractivity (Wildman–Crippen MR) is 110 cm³/mol. The van der Waals surface area contributed by atoms with Crippen LogP contribution in [-0.4, -0.2) is 30.4 Å². The first-order chi connectivity index (χ1) is 14.9. The highest BCUT2D eigenvalue weighted by Gasteiger charge is 2.36. The number of amides is 1. The Hall–Kier alpha value is -3.27. The summed E-state index contributed by atoms with van der Waals surface area (Å²) in [5.74, 6) is -0.886. The van der Waals surface area contributed by atoms with Crippen molar-refractivity contribution in [2.45, 2.75) is 17.5 Å². The molecule has 1 heterocycles. The minimum Gasteiger partial charge on any atom is -0.491 e. The van der Waals surface area contributed by atoms with Crippen molar-refractivity contribution in [1.82, 2.24) is 9.79 Å². The summed E-state index contributed by atoms with van der Waals surface area (Å²) in [4.78, 5) is 11.7. The van der Waals surface area contributed by atoms with Gasteiger partial charge in [0.05, 0.1) is 10.9 Å². The van der Waals surface area contributed by atoms with E-state index in [9.17, 15) is 17.6 Å². The van der Waals surface area contributed by atoms with Crippen molar-refractivity contribution in [3.63, 3.8) is 0 Å². The van der Waals surface area contributed by atoms with Crippen LogP contribution in [0.15, 0.2) is 77.7 Å². The van der Waals surface area contributed by atoms with Crippen LogP contribution in [-0.2, 0) is 16.6 Å². The first kappa shape index (κ1) is 21.0. The third-order valence-corrected chi connectivity index (χ3v) is 6.97. The maximum atomic E-state index is 13.5. The number of sulfonamides is 1. The van der Waals surface area contributed by atoms with Crippen LogP contribution in [0, 0.1) is 5.82 Å². The van der Waals surface area contributed by atoms with Crippen LogP contribution in [0.5, 0.6) is 5.75 Å². The second-order valence-electron chi connectivity index (χ2n) is 7.01. The van der Waals surface area contributed by atoms with Crippen LogP contribution >= 0.6 is 0 Å². The zero-order valence-electron chi connectivity index (χ0n) is 16.2. The zero-order chi connectivity index (χ0) is 22.0. The highest BCUT2D eigenvalue weighted by Crippen LogP contribution is 2.36. The Kier molecular flexibility index (Phi) is 5.73. The van der Waals surface area contributed by atoms with Crippen molar-refractivity contribution in [3.05, 3.63) is 95.3 Å². The van der Waals surface area contributed by atoms with Gasteiger partial charge in [-0.1, -0.05) is 36.4 Å². The standard InChI is InChI=1S/C22H19FN2O5S/c23-18-8-10-19(11-9-18)31(28,29)25-13-17-7-6-16(22(26)24-27)12-21(17)30-14-20(25)15-4-2-1-3-5-15/h1-12,20,27H,13-14H2,(H,24,26)/t20-/m1/s1. The molecule has 0 aromatic heterocycles. The normalized spacial score (nSPS) is 16.6. The van der Waals surface area contributed by atoms with Gasteiger partial charge in [-0.15, -0.1) is 0 Å². The number of hydroxylamine groups is 1. The molecule has 3 aromatic carbocycles. The summed E-state index contributed by atoms with van der Waals surface area (Å²) in [6, 6.07) is 17.6. The number of carbonyl (C=O) groups is 1. The second-order valence-corrected chi connectivity index (χ2v) is 8.90. The third kappa shape index (κ3) is 4.15. The molecule has 1 aliphatic rings. The van der Waals surface area contributed by atoms with Crippen LogP contribution in [0.1, 0.15) is 27.5 Å². The van der Waals surface area contributed by atoms with E-state index in [1.165, 1.54) is 28.6 Å². The molecule has 0 aliphatic carbocycles. The highest BCUT2D eigenvalue weighted by atomic mass is 32.2. The maximum absolute atomic E-state index is 13.5. The molecule has 1 atom stereocenters. The van der Waals surface area contributed by atoms with Gasteiger partial charge in [0.25, 0.3) is 5.91 Å². The molecular weight excluding hydrogens is 423 g/mol. The lowest BCUT2D eigenvalue weighted by atomic mass is 10.1. The third-order valence-electron chi connectivity index (χ3n) is 5.11. The number of benzene rings is 3. The fraction of sp³-hybridized carbons (Fsp3) is 0.136. The summed E-state index contributed by atoms with van der Waals surface area (Å²) in [6.45, 7) is -0.0166. The SMILES string of the molecule is O=C(NO)c1ccc2c(c1)OC[C@H](c1ccccc1)N(S(=O)(=O)c1ccc(F)cc1)C2. The molecule has 0 spiro atoms. The predicted octanol–water partition coefficient (Wildman–Crippen LogP) is 3.27. The van der Waals surface area contributed by atoms with E-state index in [1.807, 2.05) is 18.2 Å². The first-order valence-electron chi connectivity index (χ1n) is 9.42. The van der Waals surface area contributed by atoms with Gasteiger partial charge in [-0.2, -0.15) is 4.31 Å². The number of nitrogens with one attached hydrogen (secondary N) is 1. The lowest BCUT2D eigenvalue weighted by molar-refractivity contribution is 0.0706. The lowest BCUT2D eigenvalue weighted by Gasteiger charge is -2.28. The van der Waals surface area contributed by atoms with Crippen LogP contribution in [0.4, 0.5) is 4.39 Å². The summed E-state index contributed by atoms with van der Waals surface area (Å²) in [6.07, 6.45) is 0. The molecule has 0 fully saturated rings. The van der Waals surface area contributed by atoms with Gasteiger partial charge in [-0.3, -0.25) is 10.0 Å². The lowest BCUT2D eigenvalue weighted by Crippen LogP contribution is -2.36. The van der Waals surface area contributed by atoms with Crippen LogP contribution in [0.2, 0.25) is 0 Å². The van der Waals surface area contributed by atoms with E-state index in [4.69, 9.17) is 9.94 Å². The number of nitrogens with zero attached hydrogens (tertiary/aromatic N) is 1. The molecule has 4 rings (SSSR count). The van der Waals surface area contributed by atoms with Gasteiger partial charge in [-0.05, 0) is 42.0 Å². The Bertz CT molecular complexity index is 1200. The van der Waals surface area contributed by atoms with E-state index < -0.39 is 27.8 Å². The fourth-order valence-corrected chi connectivity index (χ4v) is 5.06. The molecule has 1 amide bonds. The first-order valence-corrected chi connectivity index (χ1v) is 10.9. The Morgan fingerprint density at radius 2 is 1.77 bits per heavy atom. The number of ether oxygens (including phenoxy) is 1. The van der Waals surface area contributed by atoms with E-state index in [-0.39, 0.29) is 23.6 Å². The molecule has 2 N–H and O–H groups in total. The number of fused-ring (bicyclic) bond motifs is 1. The number of rotatable bonds is 4. The van der Waals surface area contributed by atoms with Gasteiger partial charge in [0.15, 0.2) is 0 Å². The van der Waals surface area contributed by atoms with Crippen molar-refractivity contribution >= 4 is 15.9 Å². The summed E-state index contributed by atoms with van der Waals surface area (Å²) < 4.78 is 47.6. The minimum atomic E-state index is -4.01. The van der Waals surface area contributed by atoms with Crippen molar-refractivity contribution in [3.8, 4) is 5.75 Å². The number of halogens is 1. The fourth-order valence-electron chi connectivity index (χ4n) is 3.49. The molecule has 0 bridgehead atoms. The van der Waals surface area contributed by atoms with Crippen LogP contribution < -0.4 is 10.2 Å². The molecular formula is C22H19FN2O5S. The number of hydrogen-bond donors (Lipinski definition) is 2. The van der Waals surface area contributed by atoms with E-state index in [0.717, 1.165) is 17.7 Å². The van der Waals surface area contributed by atoms with Gasteiger partial charge < -0.3 is 4.74 Å². The Labute approximate surface area is 178 Å². The summed E-state index contributed by atoms with van der Waals surface area (Å²) >= 11 is 0. The molecule has 7 nitrogen and oxygen atoms in total. The maximum Gasteiger partial charge on any atom is 0.274 e. The molecule has 3 aromatic rings. The largest absolute Gasteiger partial charge is 0.491 e. The summed E-state index contributed by atoms with van der Waals surface area (Å²) in [5, 5.41) is 8.88. The molecule has 0 saturated heterocycles. The van der Waals surface area contributed by atoms with E-state index in [1.54, 1.807) is 23.7 Å². The molecule has 0 unspecified atom stereocenters. The number of carbonyl (C=O) groups excluding carboxylic acids is 1. The summed E-state index contributed by atoms with van der Waals surface area (Å²) in [5.41, 5.74) is 3.02. The van der Waals surface area contributed by atoms with Crippen LogP contribution in [0.3, 0.4) is 0 Å². The second kappa shape index (κ2) is 8.46. The van der Waals surface area contributed by atoms with Gasteiger partial charge in [0.1, 0.15) is 18.2 Å². The highest BCUT2D eigenvalue weighted by molar-refractivity contribution is 7.89.